The number of amides is 1. The van der Waals surface area contributed by atoms with Gasteiger partial charge in [-0.25, -0.2) is 8.42 Å². The molecule has 0 aromatic heterocycles. The summed E-state index contributed by atoms with van der Waals surface area (Å²) in [6, 6.07) is 5.37. The van der Waals surface area contributed by atoms with Crippen LogP contribution in [0.3, 0.4) is 0 Å². The maximum atomic E-state index is 12.6. The van der Waals surface area contributed by atoms with E-state index in [1.165, 1.54) is 0 Å². The number of hydrogen-bond donors (Lipinski definition) is 0. The number of carbonyl (C=O) groups excluding carboxylic acids is 1. The van der Waals surface area contributed by atoms with Crippen LogP contribution in [0.5, 0.6) is 5.75 Å². The number of carbonyl (C=O) groups is 1. The van der Waals surface area contributed by atoms with Gasteiger partial charge in [0.15, 0.2) is 9.84 Å². The van der Waals surface area contributed by atoms with Gasteiger partial charge in [-0.3, -0.25) is 9.69 Å². The second-order valence-corrected chi connectivity index (χ2v) is 9.27. The van der Waals surface area contributed by atoms with Crippen LogP contribution < -0.4 is 4.74 Å². The van der Waals surface area contributed by atoms with Crippen LogP contribution in [0.4, 0.5) is 0 Å². The number of nitrogens with zero attached hydrogens (tertiary/aromatic N) is 2. The van der Waals surface area contributed by atoms with Crippen molar-refractivity contribution in [3.8, 4) is 5.75 Å². The van der Waals surface area contributed by atoms with Gasteiger partial charge in [0.1, 0.15) is 5.75 Å². The summed E-state index contributed by atoms with van der Waals surface area (Å²) in [6.07, 6.45) is 0.956. The van der Waals surface area contributed by atoms with Gasteiger partial charge in [-0.15, -0.1) is 0 Å². The lowest BCUT2D eigenvalue weighted by Gasteiger charge is -2.37. The first-order valence-electron chi connectivity index (χ1n) is 8.42. The molecule has 2 saturated heterocycles. The molecule has 2 heterocycles. The molecule has 6 nitrogen and oxygen atoms in total. The largest absolute Gasteiger partial charge is 0.496 e. The zero-order valence-electron chi connectivity index (χ0n) is 14.3. The van der Waals surface area contributed by atoms with Gasteiger partial charge in [0, 0.05) is 42.8 Å². The van der Waals surface area contributed by atoms with Crippen molar-refractivity contribution in [1.82, 2.24) is 9.80 Å². The lowest BCUT2D eigenvalue weighted by Crippen LogP contribution is -2.52. The Morgan fingerprint density at radius 2 is 2.00 bits per heavy atom. The first-order chi connectivity index (χ1) is 11.9. The van der Waals surface area contributed by atoms with Crippen LogP contribution in [0, 0.1) is 0 Å². The van der Waals surface area contributed by atoms with E-state index in [0.29, 0.717) is 30.3 Å². The molecule has 2 aliphatic heterocycles. The number of halogens is 1. The van der Waals surface area contributed by atoms with Crippen molar-refractivity contribution in [2.75, 3.05) is 44.8 Å². The first kappa shape index (κ1) is 18.5. The van der Waals surface area contributed by atoms with E-state index in [-0.39, 0.29) is 29.9 Å². The van der Waals surface area contributed by atoms with E-state index in [0.717, 1.165) is 18.7 Å². The molecule has 1 amide bonds. The van der Waals surface area contributed by atoms with Gasteiger partial charge in [-0.05, 0) is 24.6 Å². The fourth-order valence-electron chi connectivity index (χ4n) is 3.56. The zero-order chi connectivity index (χ0) is 18.0. The van der Waals surface area contributed by atoms with Crippen molar-refractivity contribution in [2.45, 2.75) is 18.9 Å². The van der Waals surface area contributed by atoms with Crippen LogP contribution in [0.2, 0.25) is 5.02 Å². The van der Waals surface area contributed by atoms with Crippen molar-refractivity contribution >= 4 is 27.3 Å². The van der Waals surface area contributed by atoms with E-state index in [9.17, 15) is 13.2 Å². The average molecular weight is 387 g/mol. The summed E-state index contributed by atoms with van der Waals surface area (Å²) < 4.78 is 28.6. The number of methoxy groups -OCH3 is 1. The van der Waals surface area contributed by atoms with Crippen molar-refractivity contribution < 1.29 is 17.9 Å². The summed E-state index contributed by atoms with van der Waals surface area (Å²) >= 11 is 6.02. The molecule has 0 radical (unpaired) electrons. The molecule has 0 bridgehead atoms. The highest BCUT2D eigenvalue weighted by atomic mass is 35.5. The molecule has 1 atom stereocenters. The number of hydrogen-bond acceptors (Lipinski definition) is 5. The Morgan fingerprint density at radius 3 is 2.60 bits per heavy atom. The molecule has 0 saturated carbocycles. The Labute approximate surface area is 153 Å². The molecule has 8 heteroatoms. The Balaban J connectivity index is 1.56. The van der Waals surface area contributed by atoms with Crippen LogP contribution in [0.15, 0.2) is 18.2 Å². The second-order valence-electron chi connectivity index (χ2n) is 6.61. The zero-order valence-corrected chi connectivity index (χ0v) is 15.9. The molecule has 2 aliphatic rings. The van der Waals surface area contributed by atoms with Gasteiger partial charge in [-0.1, -0.05) is 11.6 Å². The lowest BCUT2D eigenvalue weighted by atomic mass is 10.1. The van der Waals surface area contributed by atoms with Gasteiger partial charge in [0.25, 0.3) is 0 Å². The number of piperazine rings is 1. The van der Waals surface area contributed by atoms with Crippen LogP contribution in [0.1, 0.15) is 12.0 Å². The number of rotatable bonds is 4. The molecular formula is C17H23ClN2O4S. The van der Waals surface area contributed by atoms with Gasteiger partial charge >= 0.3 is 0 Å². The Bertz CT molecular complexity index is 745. The van der Waals surface area contributed by atoms with Gasteiger partial charge in [-0.2, -0.15) is 0 Å². The van der Waals surface area contributed by atoms with E-state index in [1.54, 1.807) is 25.3 Å². The monoisotopic (exact) mass is 386 g/mol. The highest BCUT2D eigenvalue weighted by Gasteiger charge is 2.34. The first-order valence-corrected chi connectivity index (χ1v) is 10.6. The predicted molar refractivity (Wildman–Crippen MR) is 96.9 cm³/mol. The van der Waals surface area contributed by atoms with E-state index in [1.807, 2.05) is 4.90 Å². The average Bonchev–Trinajstić information content (AvgIpc) is 2.95. The van der Waals surface area contributed by atoms with E-state index in [4.69, 9.17) is 16.3 Å². The molecule has 138 valence electrons. The maximum Gasteiger partial charge on any atom is 0.227 e. The van der Waals surface area contributed by atoms with Crippen molar-refractivity contribution in [3.63, 3.8) is 0 Å². The molecule has 0 spiro atoms. The van der Waals surface area contributed by atoms with Gasteiger partial charge < -0.3 is 9.64 Å². The van der Waals surface area contributed by atoms with Crippen LogP contribution in [-0.4, -0.2) is 75.0 Å². The fourth-order valence-corrected chi connectivity index (χ4v) is 5.52. The molecule has 1 aromatic rings. The second kappa shape index (κ2) is 7.51. The van der Waals surface area contributed by atoms with Gasteiger partial charge in [0.05, 0.1) is 25.0 Å². The van der Waals surface area contributed by atoms with Crippen LogP contribution in [-0.2, 0) is 21.1 Å². The maximum absolute atomic E-state index is 12.6. The predicted octanol–water partition coefficient (Wildman–Crippen LogP) is 1.22. The number of ether oxygens (including phenoxy) is 1. The molecule has 2 fully saturated rings. The third-order valence-corrected chi connectivity index (χ3v) is 6.96. The Hall–Kier alpha value is -1.31. The summed E-state index contributed by atoms with van der Waals surface area (Å²) in [4.78, 5) is 16.6. The molecule has 0 unspecified atom stereocenters. The number of sulfone groups is 1. The highest BCUT2D eigenvalue weighted by Crippen LogP contribution is 2.24. The van der Waals surface area contributed by atoms with Crippen LogP contribution >= 0.6 is 11.6 Å². The SMILES string of the molecule is COc1ccc(Cl)cc1CC(=O)N1CCN([C@@H]2CCS(=O)(=O)C2)CC1. The third kappa shape index (κ3) is 4.46. The molecule has 25 heavy (non-hydrogen) atoms. The molecular weight excluding hydrogens is 364 g/mol. The van der Waals surface area contributed by atoms with Crippen molar-refractivity contribution in [3.05, 3.63) is 28.8 Å². The van der Waals surface area contributed by atoms with E-state index >= 15 is 0 Å². The summed E-state index contributed by atoms with van der Waals surface area (Å²) in [5, 5.41) is 0.580. The third-order valence-electron chi connectivity index (χ3n) is 4.98. The summed E-state index contributed by atoms with van der Waals surface area (Å²) in [5.74, 6) is 1.23. The van der Waals surface area contributed by atoms with Crippen molar-refractivity contribution in [2.24, 2.45) is 0 Å². The molecule has 0 N–H and O–H groups in total. The van der Waals surface area contributed by atoms with E-state index < -0.39 is 9.84 Å². The Morgan fingerprint density at radius 1 is 1.28 bits per heavy atom. The standard InChI is InChI=1S/C17H23ClN2O4S/c1-24-16-3-2-14(18)10-13(16)11-17(21)20-7-5-19(6-8-20)15-4-9-25(22,23)12-15/h2-3,10,15H,4-9,11-12H2,1H3/t15-/m1/s1. The minimum Gasteiger partial charge on any atom is -0.496 e. The summed E-state index contributed by atoms with van der Waals surface area (Å²) in [6.45, 7) is 2.69. The van der Waals surface area contributed by atoms with Crippen LogP contribution in [0.25, 0.3) is 0 Å². The summed E-state index contributed by atoms with van der Waals surface area (Å²) in [7, 11) is -1.30. The van der Waals surface area contributed by atoms with Gasteiger partial charge in [0.2, 0.25) is 5.91 Å². The normalized spacial score (nSPS) is 23.6. The van der Waals surface area contributed by atoms with E-state index in [2.05, 4.69) is 4.90 Å². The molecule has 0 aliphatic carbocycles. The smallest absolute Gasteiger partial charge is 0.227 e. The summed E-state index contributed by atoms with van der Waals surface area (Å²) in [5.41, 5.74) is 0.782. The number of benzene rings is 1. The minimum atomic E-state index is -2.88. The quantitative estimate of drug-likeness (QED) is 0.778. The molecule has 3 rings (SSSR count). The molecule has 1 aromatic carbocycles. The topological polar surface area (TPSA) is 66.9 Å². The van der Waals surface area contributed by atoms with Crippen molar-refractivity contribution in [1.29, 1.82) is 0 Å². The highest BCUT2D eigenvalue weighted by molar-refractivity contribution is 7.91. The fraction of sp³-hybridized carbons (Fsp3) is 0.588. The Kier molecular flexibility index (Phi) is 5.55. The lowest BCUT2D eigenvalue weighted by molar-refractivity contribution is -0.132. The minimum absolute atomic E-state index is 0.0410.